The first-order valence-corrected chi connectivity index (χ1v) is 7.87. The van der Waals surface area contributed by atoms with Gasteiger partial charge in [0.25, 0.3) is 0 Å². The number of nitrogens with one attached hydrogen (secondary N) is 1. The van der Waals surface area contributed by atoms with E-state index in [1.807, 2.05) is 26.0 Å². The fraction of sp³-hybridized carbons (Fsp3) is 0.647. The summed E-state index contributed by atoms with van der Waals surface area (Å²) < 4.78 is 5.81. The van der Waals surface area contributed by atoms with E-state index in [4.69, 9.17) is 4.74 Å². The lowest BCUT2D eigenvalue weighted by Crippen LogP contribution is -2.45. The van der Waals surface area contributed by atoms with E-state index >= 15 is 0 Å². The van der Waals surface area contributed by atoms with E-state index < -0.39 is 6.10 Å². The number of aliphatic hydroxyl groups excluding tert-OH is 1. The number of rotatable bonds is 5. The summed E-state index contributed by atoms with van der Waals surface area (Å²) in [5.41, 5.74) is 3.28. The van der Waals surface area contributed by atoms with Gasteiger partial charge in [-0.15, -0.1) is 0 Å². The standard InChI is InChI=1S/C17H28N2O2/c1-12(2)21-17-6-5-15(13(3)14(17)4)16(20)11-19-9-7-18-8-10-19/h5-6,12,16,18,20H,7-11H2,1-4H3. The van der Waals surface area contributed by atoms with Gasteiger partial charge in [-0.3, -0.25) is 4.90 Å². The average Bonchev–Trinajstić information content (AvgIpc) is 2.44. The van der Waals surface area contributed by atoms with Gasteiger partial charge < -0.3 is 15.2 Å². The Kier molecular flexibility index (Phi) is 5.62. The highest BCUT2D eigenvalue weighted by Crippen LogP contribution is 2.29. The van der Waals surface area contributed by atoms with Crippen molar-refractivity contribution in [3.8, 4) is 5.75 Å². The van der Waals surface area contributed by atoms with Crippen LogP contribution in [0.15, 0.2) is 12.1 Å². The molecule has 2 N–H and O–H groups in total. The van der Waals surface area contributed by atoms with Crippen LogP contribution in [0, 0.1) is 13.8 Å². The van der Waals surface area contributed by atoms with Crippen LogP contribution in [-0.4, -0.2) is 48.8 Å². The maximum Gasteiger partial charge on any atom is 0.122 e. The number of aliphatic hydroxyl groups is 1. The molecule has 1 fully saturated rings. The van der Waals surface area contributed by atoms with Gasteiger partial charge in [0.1, 0.15) is 5.75 Å². The molecule has 2 rings (SSSR count). The first-order chi connectivity index (χ1) is 9.99. The van der Waals surface area contributed by atoms with Crippen LogP contribution in [0.3, 0.4) is 0 Å². The molecule has 4 nitrogen and oxygen atoms in total. The number of nitrogens with zero attached hydrogens (tertiary/aromatic N) is 1. The summed E-state index contributed by atoms with van der Waals surface area (Å²) in [7, 11) is 0. The summed E-state index contributed by atoms with van der Waals surface area (Å²) in [6, 6.07) is 3.99. The molecule has 21 heavy (non-hydrogen) atoms. The van der Waals surface area contributed by atoms with E-state index in [1.165, 1.54) is 0 Å². The minimum Gasteiger partial charge on any atom is -0.491 e. The maximum absolute atomic E-state index is 10.5. The molecule has 1 unspecified atom stereocenters. The Bertz CT molecular complexity index is 468. The summed E-state index contributed by atoms with van der Waals surface area (Å²) in [5.74, 6) is 0.917. The number of ether oxygens (including phenoxy) is 1. The number of piperazine rings is 1. The van der Waals surface area contributed by atoms with Gasteiger partial charge in [-0.1, -0.05) is 6.07 Å². The third-order valence-electron chi connectivity index (χ3n) is 4.14. The number of hydrogen-bond acceptors (Lipinski definition) is 4. The molecule has 1 aromatic rings. The van der Waals surface area contributed by atoms with Crippen molar-refractivity contribution in [3.63, 3.8) is 0 Å². The molecule has 4 heteroatoms. The fourth-order valence-corrected chi connectivity index (χ4v) is 2.80. The maximum atomic E-state index is 10.5. The number of benzene rings is 1. The second kappa shape index (κ2) is 7.25. The molecule has 0 spiro atoms. The Morgan fingerprint density at radius 2 is 1.86 bits per heavy atom. The van der Waals surface area contributed by atoms with Crippen LogP contribution >= 0.6 is 0 Å². The summed E-state index contributed by atoms with van der Waals surface area (Å²) >= 11 is 0. The SMILES string of the molecule is Cc1c(OC(C)C)ccc(C(O)CN2CCNCC2)c1C. The normalized spacial score (nSPS) is 18.0. The van der Waals surface area contributed by atoms with Crippen molar-refractivity contribution in [3.05, 3.63) is 28.8 Å². The second-order valence-electron chi connectivity index (χ2n) is 6.14. The molecule has 1 atom stereocenters. The van der Waals surface area contributed by atoms with E-state index in [9.17, 15) is 5.11 Å². The zero-order valence-corrected chi connectivity index (χ0v) is 13.6. The Labute approximate surface area is 128 Å². The van der Waals surface area contributed by atoms with Crippen molar-refractivity contribution in [2.45, 2.75) is 39.9 Å². The van der Waals surface area contributed by atoms with Crippen molar-refractivity contribution >= 4 is 0 Å². The van der Waals surface area contributed by atoms with Crippen molar-refractivity contribution in [1.82, 2.24) is 10.2 Å². The quantitative estimate of drug-likeness (QED) is 0.871. The molecule has 0 amide bonds. The summed E-state index contributed by atoms with van der Waals surface area (Å²) in [6.45, 7) is 12.9. The molecule has 0 radical (unpaired) electrons. The Morgan fingerprint density at radius 1 is 1.19 bits per heavy atom. The fourth-order valence-electron chi connectivity index (χ4n) is 2.80. The summed E-state index contributed by atoms with van der Waals surface area (Å²) in [6.07, 6.45) is -0.269. The van der Waals surface area contributed by atoms with Gasteiger partial charge in [-0.05, 0) is 50.5 Å². The number of hydrogen-bond donors (Lipinski definition) is 2. The van der Waals surface area contributed by atoms with Crippen LogP contribution in [0.1, 0.15) is 36.6 Å². The minimum atomic E-state index is -0.435. The lowest BCUT2D eigenvalue weighted by atomic mass is 9.97. The van der Waals surface area contributed by atoms with E-state index in [1.54, 1.807) is 0 Å². The van der Waals surface area contributed by atoms with Gasteiger partial charge in [0.05, 0.1) is 12.2 Å². The van der Waals surface area contributed by atoms with Crippen LogP contribution in [0.5, 0.6) is 5.75 Å². The average molecular weight is 292 g/mol. The van der Waals surface area contributed by atoms with Gasteiger partial charge >= 0.3 is 0 Å². The lowest BCUT2D eigenvalue weighted by Gasteiger charge is -2.30. The molecule has 1 aliphatic heterocycles. The highest BCUT2D eigenvalue weighted by atomic mass is 16.5. The zero-order chi connectivity index (χ0) is 15.4. The second-order valence-corrected chi connectivity index (χ2v) is 6.14. The van der Waals surface area contributed by atoms with Gasteiger partial charge in [-0.25, -0.2) is 0 Å². The Morgan fingerprint density at radius 3 is 2.48 bits per heavy atom. The van der Waals surface area contributed by atoms with E-state index in [0.29, 0.717) is 6.54 Å². The lowest BCUT2D eigenvalue weighted by molar-refractivity contribution is 0.105. The van der Waals surface area contributed by atoms with Crippen molar-refractivity contribution < 1.29 is 9.84 Å². The zero-order valence-electron chi connectivity index (χ0n) is 13.6. The predicted octanol–water partition coefficient (Wildman–Crippen LogP) is 2.03. The molecule has 0 aliphatic carbocycles. The summed E-state index contributed by atoms with van der Waals surface area (Å²) in [5, 5.41) is 13.9. The third kappa shape index (κ3) is 4.19. The topological polar surface area (TPSA) is 44.7 Å². The molecule has 118 valence electrons. The predicted molar refractivity (Wildman–Crippen MR) is 85.9 cm³/mol. The molecule has 0 bridgehead atoms. The van der Waals surface area contributed by atoms with Crippen LogP contribution in [0.2, 0.25) is 0 Å². The molecular formula is C17H28N2O2. The van der Waals surface area contributed by atoms with E-state index in [2.05, 4.69) is 24.1 Å². The van der Waals surface area contributed by atoms with Crippen LogP contribution in [-0.2, 0) is 0 Å². The van der Waals surface area contributed by atoms with Gasteiger partial charge in [0.15, 0.2) is 0 Å². The van der Waals surface area contributed by atoms with Crippen LogP contribution < -0.4 is 10.1 Å². The van der Waals surface area contributed by atoms with Crippen LogP contribution in [0.25, 0.3) is 0 Å². The van der Waals surface area contributed by atoms with Crippen molar-refractivity contribution in [1.29, 1.82) is 0 Å². The Balaban J connectivity index is 2.09. The van der Waals surface area contributed by atoms with Crippen molar-refractivity contribution in [2.75, 3.05) is 32.7 Å². The Hall–Kier alpha value is -1.10. The van der Waals surface area contributed by atoms with Crippen LogP contribution in [0.4, 0.5) is 0 Å². The third-order valence-corrected chi connectivity index (χ3v) is 4.14. The molecule has 1 aliphatic rings. The van der Waals surface area contributed by atoms with Crippen molar-refractivity contribution in [2.24, 2.45) is 0 Å². The minimum absolute atomic E-state index is 0.166. The molecule has 0 aromatic heterocycles. The highest BCUT2D eigenvalue weighted by Gasteiger charge is 2.19. The monoisotopic (exact) mass is 292 g/mol. The molecule has 1 saturated heterocycles. The molecule has 1 heterocycles. The van der Waals surface area contributed by atoms with E-state index in [-0.39, 0.29) is 6.10 Å². The summed E-state index contributed by atoms with van der Waals surface area (Å²) in [4.78, 5) is 2.31. The molecule has 1 aromatic carbocycles. The first kappa shape index (κ1) is 16.3. The number of β-amino-alcohol motifs (C(OH)–C–C–N with tert-alkyl or cyclic N) is 1. The smallest absolute Gasteiger partial charge is 0.122 e. The van der Waals surface area contributed by atoms with Gasteiger partial charge in [-0.2, -0.15) is 0 Å². The first-order valence-electron chi connectivity index (χ1n) is 7.87. The van der Waals surface area contributed by atoms with Gasteiger partial charge in [0, 0.05) is 32.7 Å². The molecule has 0 saturated carbocycles. The van der Waals surface area contributed by atoms with E-state index in [0.717, 1.165) is 48.6 Å². The highest BCUT2D eigenvalue weighted by molar-refractivity contribution is 5.44. The van der Waals surface area contributed by atoms with Gasteiger partial charge in [0.2, 0.25) is 0 Å². The largest absolute Gasteiger partial charge is 0.491 e. The molecular weight excluding hydrogens is 264 g/mol.